The molecule has 0 aliphatic carbocycles. The molecule has 3 nitrogen and oxygen atoms in total. The van der Waals surface area contributed by atoms with E-state index in [0.29, 0.717) is 14.2 Å². The second-order valence-electron chi connectivity index (χ2n) is 4.24. The molecule has 6 heteroatoms. The maximum absolute atomic E-state index is 12.1. The number of hydrogen-bond donors (Lipinski definition) is 2. The molecule has 2 aromatic rings. The highest BCUT2D eigenvalue weighted by atomic mass is 35.5. The summed E-state index contributed by atoms with van der Waals surface area (Å²) in [7, 11) is 0. The minimum atomic E-state index is -0.237. The van der Waals surface area contributed by atoms with E-state index in [1.54, 1.807) is 6.07 Å². The number of carbonyl (C=O) groups excluding carboxylic acids is 1. The highest BCUT2D eigenvalue weighted by molar-refractivity contribution is 7.20. The van der Waals surface area contributed by atoms with Crippen molar-refractivity contribution in [3.63, 3.8) is 0 Å². The van der Waals surface area contributed by atoms with Gasteiger partial charge in [0.05, 0.1) is 9.90 Å². The van der Waals surface area contributed by atoms with Gasteiger partial charge in [0.2, 0.25) is 0 Å². The highest BCUT2D eigenvalue weighted by Gasteiger charge is 2.16. The maximum atomic E-state index is 12.1. The molecular formula is C13H10Cl2N2OS. The first-order chi connectivity index (χ1) is 9.13. The number of hydrogen-bond acceptors (Lipinski definition) is 3. The number of rotatable bonds is 2. The number of carbonyl (C=O) groups is 1. The zero-order valence-electron chi connectivity index (χ0n) is 9.80. The fourth-order valence-corrected chi connectivity index (χ4v) is 3.53. The Morgan fingerprint density at radius 2 is 2.16 bits per heavy atom. The van der Waals surface area contributed by atoms with E-state index in [2.05, 4.69) is 10.6 Å². The molecule has 3 rings (SSSR count). The summed E-state index contributed by atoms with van der Waals surface area (Å²) < 4.78 is 0.915. The monoisotopic (exact) mass is 312 g/mol. The van der Waals surface area contributed by atoms with Gasteiger partial charge in [-0.3, -0.25) is 4.79 Å². The molecular weight excluding hydrogens is 303 g/mol. The van der Waals surface area contributed by atoms with Gasteiger partial charge in [-0.05, 0) is 36.2 Å². The van der Waals surface area contributed by atoms with Gasteiger partial charge >= 0.3 is 0 Å². The fraction of sp³-hybridized carbons (Fsp3) is 0.154. The number of amides is 1. The van der Waals surface area contributed by atoms with Gasteiger partial charge < -0.3 is 10.6 Å². The van der Waals surface area contributed by atoms with Gasteiger partial charge in [0.1, 0.15) is 4.34 Å². The number of nitrogens with one attached hydrogen (secondary N) is 2. The van der Waals surface area contributed by atoms with Crippen LogP contribution < -0.4 is 10.6 Å². The van der Waals surface area contributed by atoms with Crippen LogP contribution in [-0.4, -0.2) is 12.5 Å². The zero-order chi connectivity index (χ0) is 13.4. The lowest BCUT2D eigenvalue weighted by Crippen LogP contribution is -2.11. The minimum Gasteiger partial charge on any atom is -0.384 e. The number of benzene rings is 1. The lowest BCUT2D eigenvalue weighted by atomic mass is 10.1. The lowest BCUT2D eigenvalue weighted by molar-refractivity contribution is 0.102. The average Bonchev–Trinajstić information content (AvgIpc) is 2.94. The van der Waals surface area contributed by atoms with Crippen LogP contribution in [-0.2, 0) is 6.42 Å². The van der Waals surface area contributed by atoms with Crippen LogP contribution in [0.1, 0.15) is 15.9 Å². The van der Waals surface area contributed by atoms with Crippen molar-refractivity contribution in [2.24, 2.45) is 0 Å². The summed E-state index contributed by atoms with van der Waals surface area (Å²) in [5.74, 6) is -0.237. The first-order valence-corrected chi connectivity index (χ1v) is 7.34. The second kappa shape index (κ2) is 5.04. The van der Waals surface area contributed by atoms with Crippen LogP contribution in [0.2, 0.25) is 8.67 Å². The zero-order valence-corrected chi connectivity index (χ0v) is 12.1. The van der Waals surface area contributed by atoms with E-state index in [4.69, 9.17) is 23.2 Å². The van der Waals surface area contributed by atoms with E-state index >= 15 is 0 Å². The Morgan fingerprint density at radius 1 is 1.32 bits per heavy atom. The molecule has 1 aromatic carbocycles. The number of fused-ring (bicyclic) bond motifs is 1. The Kier molecular flexibility index (Phi) is 3.39. The first-order valence-electron chi connectivity index (χ1n) is 5.76. The third kappa shape index (κ3) is 2.56. The standard InChI is InChI=1S/C13H10Cl2N2OS/c14-11-6-9(12(15)19-11)13(18)17-8-1-2-10-7(5-8)3-4-16-10/h1-2,5-6,16H,3-4H2,(H,17,18). The number of halogens is 2. The Bertz CT molecular complexity index is 654. The van der Waals surface area contributed by atoms with Gasteiger partial charge in [-0.1, -0.05) is 23.2 Å². The first kappa shape index (κ1) is 12.8. The maximum Gasteiger partial charge on any atom is 0.258 e. The summed E-state index contributed by atoms with van der Waals surface area (Å²) in [5.41, 5.74) is 3.53. The van der Waals surface area contributed by atoms with Crippen molar-refractivity contribution >= 4 is 51.8 Å². The largest absolute Gasteiger partial charge is 0.384 e. The Labute approximate surface area is 124 Å². The molecule has 19 heavy (non-hydrogen) atoms. The molecule has 0 bridgehead atoms. The molecule has 1 aromatic heterocycles. The molecule has 0 unspecified atom stereocenters. The summed E-state index contributed by atoms with van der Waals surface area (Å²) in [6.45, 7) is 0.943. The van der Waals surface area contributed by atoms with Crippen LogP contribution in [0.4, 0.5) is 11.4 Å². The van der Waals surface area contributed by atoms with Crippen molar-refractivity contribution in [1.82, 2.24) is 0 Å². The Balaban J connectivity index is 1.81. The van der Waals surface area contributed by atoms with E-state index in [-0.39, 0.29) is 5.91 Å². The summed E-state index contributed by atoms with van der Waals surface area (Å²) in [5, 5.41) is 6.11. The van der Waals surface area contributed by atoms with Gasteiger partial charge in [-0.25, -0.2) is 0 Å². The van der Waals surface area contributed by atoms with Gasteiger partial charge in [0.25, 0.3) is 5.91 Å². The third-order valence-electron chi connectivity index (χ3n) is 2.97. The number of thiophene rings is 1. The molecule has 1 amide bonds. The van der Waals surface area contributed by atoms with Crippen LogP contribution in [0, 0.1) is 0 Å². The summed E-state index contributed by atoms with van der Waals surface area (Å²) in [4.78, 5) is 12.1. The quantitative estimate of drug-likeness (QED) is 0.869. The molecule has 0 spiro atoms. The van der Waals surface area contributed by atoms with E-state index in [1.807, 2.05) is 18.2 Å². The molecule has 1 aliphatic rings. The molecule has 2 N–H and O–H groups in total. The molecule has 0 saturated heterocycles. The van der Waals surface area contributed by atoms with Crippen molar-refractivity contribution in [3.8, 4) is 0 Å². The molecule has 1 aliphatic heterocycles. The lowest BCUT2D eigenvalue weighted by Gasteiger charge is -2.06. The average molecular weight is 313 g/mol. The molecule has 98 valence electrons. The Hall–Kier alpha value is -1.23. The van der Waals surface area contributed by atoms with Crippen molar-refractivity contribution < 1.29 is 4.79 Å². The molecule has 0 atom stereocenters. The number of anilines is 2. The van der Waals surface area contributed by atoms with Gasteiger partial charge in [-0.15, -0.1) is 11.3 Å². The van der Waals surface area contributed by atoms with Crippen LogP contribution in [0.15, 0.2) is 24.3 Å². The normalized spacial score (nSPS) is 12.9. The highest BCUT2D eigenvalue weighted by Crippen LogP contribution is 2.32. The van der Waals surface area contributed by atoms with Gasteiger partial charge in [0, 0.05) is 17.9 Å². The third-order valence-corrected chi connectivity index (χ3v) is 4.46. The minimum absolute atomic E-state index is 0.237. The summed E-state index contributed by atoms with van der Waals surface area (Å²) in [6.07, 6.45) is 0.976. The summed E-state index contributed by atoms with van der Waals surface area (Å²) in [6, 6.07) is 7.41. The van der Waals surface area contributed by atoms with Crippen molar-refractivity contribution in [2.45, 2.75) is 6.42 Å². The smallest absolute Gasteiger partial charge is 0.258 e. The fourth-order valence-electron chi connectivity index (χ4n) is 2.08. The Morgan fingerprint density at radius 3 is 2.89 bits per heavy atom. The van der Waals surface area contributed by atoms with Gasteiger partial charge in [-0.2, -0.15) is 0 Å². The van der Waals surface area contributed by atoms with E-state index in [9.17, 15) is 4.79 Å². The van der Waals surface area contributed by atoms with Crippen LogP contribution >= 0.6 is 34.5 Å². The SMILES string of the molecule is O=C(Nc1ccc2c(c1)CCN2)c1cc(Cl)sc1Cl. The van der Waals surface area contributed by atoms with E-state index in [0.717, 1.165) is 24.3 Å². The van der Waals surface area contributed by atoms with Crippen LogP contribution in [0.3, 0.4) is 0 Å². The van der Waals surface area contributed by atoms with Crippen molar-refractivity contribution in [1.29, 1.82) is 0 Å². The van der Waals surface area contributed by atoms with E-state index < -0.39 is 0 Å². The van der Waals surface area contributed by atoms with Crippen molar-refractivity contribution in [2.75, 3.05) is 17.2 Å². The van der Waals surface area contributed by atoms with E-state index in [1.165, 1.54) is 16.9 Å². The second-order valence-corrected chi connectivity index (χ2v) is 6.53. The molecule has 0 radical (unpaired) electrons. The van der Waals surface area contributed by atoms with Crippen LogP contribution in [0.5, 0.6) is 0 Å². The van der Waals surface area contributed by atoms with Crippen molar-refractivity contribution in [3.05, 3.63) is 44.1 Å². The van der Waals surface area contributed by atoms with Gasteiger partial charge in [0.15, 0.2) is 0 Å². The predicted molar refractivity (Wildman–Crippen MR) is 80.9 cm³/mol. The molecule has 2 heterocycles. The predicted octanol–water partition coefficient (Wildman–Crippen LogP) is 4.28. The molecule has 0 fully saturated rings. The topological polar surface area (TPSA) is 41.1 Å². The summed E-state index contributed by atoms with van der Waals surface area (Å²) >= 11 is 13.0. The van der Waals surface area contributed by atoms with Crippen LogP contribution in [0.25, 0.3) is 0 Å². The molecule has 0 saturated carbocycles.